The van der Waals surface area contributed by atoms with E-state index in [2.05, 4.69) is 17.5 Å². The number of nitrogens with zero attached hydrogens (tertiary/aromatic N) is 1. The van der Waals surface area contributed by atoms with Gasteiger partial charge in [-0.15, -0.1) is 0 Å². The highest BCUT2D eigenvalue weighted by Crippen LogP contribution is 2.51. The molecule has 0 bridgehead atoms. The number of allylic oxidation sites excluding steroid dienone is 2. The molecule has 2 aromatic rings. The first kappa shape index (κ1) is 14.3. The number of fused-ring (bicyclic) bond motifs is 3. The van der Waals surface area contributed by atoms with Gasteiger partial charge in [-0.2, -0.15) is 0 Å². The van der Waals surface area contributed by atoms with Gasteiger partial charge < -0.3 is 5.32 Å². The Labute approximate surface area is 138 Å². The van der Waals surface area contributed by atoms with Crippen molar-refractivity contribution in [2.24, 2.45) is 5.92 Å². The molecule has 3 atom stereocenters. The van der Waals surface area contributed by atoms with E-state index >= 15 is 0 Å². The van der Waals surface area contributed by atoms with E-state index in [-0.39, 0.29) is 22.6 Å². The molecule has 116 valence electrons. The van der Waals surface area contributed by atoms with E-state index in [1.807, 2.05) is 24.3 Å². The molecule has 1 aliphatic carbocycles. The van der Waals surface area contributed by atoms with Crippen LogP contribution in [-0.4, -0.2) is 4.92 Å². The summed E-state index contributed by atoms with van der Waals surface area (Å²) in [6.45, 7) is 0. The monoisotopic (exact) mass is 326 g/mol. The second kappa shape index (κ2) is 5.39. The van der Waals surface area contributed by atoms with Gasteiger partial charge in [-0.1, -0.05) is 42.0 Å². The number of hydrogen-bond acceptors (Lipinski definition) is 3. The normalized spacial score (nSPS) is 24.7. The van der Waals surface area contributed by atoms with Gasteiger partial charge in [0.25, 0.3) is 5.69 Å². The minimum absolute atomic E-state index is 0.109. The van der Waals surface area contributed by atoms with E-state index in [1.165, 1.54) is 0 Å². The molecule has 0 amide bonds. The minimum atomic E-state index is -0.339. The van der Waals surface area contributed by atoms with Crippen LogP contribution in [0.3, 0.4) is 0 Å². The Hall–Kier alpha value is -2.33. The third-order valence-corrected chi connectivity index (χ3v) is 5.14. The summed E-state index contributed by atoms with van der Waals surface area (Å²) in [5, 5.41) is 15.4. The van der Waals surface area contributed by atoms with Crippen LogP contribution in [0.1, 0.15) is 29.5 Å². The van der Waals surface area contributed by atoms with Gasteiger partial charge >= 0.3 is 0 Å². The first-order valence-electron chi connectivity index (χ1n) is 7.61. The average molecular weight is 327 g/mol. The fourth-order valence-corrected chi connectivity index (χ4v) is 3.98. The fourth-order valence-electron chi connectivity index (χ4n) is 3.73. The zero-order chi connectivity index (χ0) is 16.0. The molecule has 4 nitrogen and oxygen atoms in total. The van der Waals surface area contributed by atoms with Crippen molar-refractivity contribution in [3.05, 3.63) is 80.9 Å². The largest absolute Gasteiger partial charge is 0.378 e. The lowest BCUT2D eigenvalue weighted by atomic mass is 9.77. The maximum absolute atomic E-state index is 11.1. The molecule has 0 saturated heterocycles. The number of hydrogen-bond donors (Lipinski definition) is 1. The molecule has 23 heavy (non-hydrogen) atoms. The van der Waals surface area contributed by atoms with Crippen molar-refractivity contribution in [3.63, 3.8) is 0 Å². The summed E-state index contributed by atoms with van der Waals surface area (Å²) >= 11 is 6.39. The highest BCUT2D eigenvalue weighted by Gasteiger charge is 2.39. The van der Waals surface area contributed by atoms with Crippen LogP contribution < -0.4 is 5.32 Å². The lowest BCUT2D eigenvalue weighted by Crippen LogP contribution is -2.29. The standard InChI is InChI=1S/C18H15ClN2O2/c19-16-7-2-1-4-14(16)18-13-6-3-5-12(13)15-10-11(21(22)23)8-9-17(15)20-18/h1-5,7-10,12-13,18,20H,6H2/t12-,13-,18+/m1/s1. The van der Waals surface area contributed by atoms with Gasteiger partial charge in [0.15, 0.2) is 0 Å². The molecule has 0 aromatic heterocycles. The molecular formula is C18H15ClN2O2. The summed E-state index contributed by atoms with van der Waals surface area (Å²) in [7, 11) is 0. The van der Waals surface area contributed by atoms with Gasteiger partial charge in [-0.3, -0.25) is 10.1 Å². The van der Waals surface area contributed by atoms with E-state index < -0.39 is 0 Å². The molecule has 5 heteroatoms. The molecule has 0 fully saturated rings. The molecule has 4 rings (SSSR count). The number of nitrogens with one attached hydrogen (secondary N) is 1. The Bertz CT molecular complexity index is 818. The number of rotatable bonds is 2. The number of nitro benzene ring substituents is 1. The Morgan fingerprint density at radius 2 is 2.00 bits per heavy atom. The smallest absolute Gasteiger partial charge is 0.269 e. The molecule has 1 N–H and O–H groups in total. The van der Waals surface area contributed by atoms with Gasteiger partial charge in [-0.25, -0.2) is 0 Å². The van der Waals surface area contributed by atoms with E-state index in [4.69, 9.17) is 11.6 Å². The first-order chi connectivity index (χ1) is 11.1. The van der Waals surface area contributed by atoms with Crippen LogP contribution in [0.2, 0.25) is 5.02 Å². The van der Waals surface area contributed by atoms with Crippen molar-refractivity contribution in [1.29, 1.82) is 0 Å². The molecule has 0 radical (unpaired) electrons. The van der Waals surface area contributed by atoms with Gasteiger partial charge in [-0.05, 0) is 35.6 Å². The Balaban J connectivity index is 1.81. The SMILES string of the molecule is O=[N+]([O-])c1ccc2c(c1)[C@@H]1C=CC[C@H]1[C@@H](c1ccccc1Cl)N2. The molecule has 0 unspecified atom stereocenters. The predicted octanol–water partition coefficient (Wildman–Crippen LogP) is 5.07. The molecule has 0 spiro atoms. The van der Waals surface area contributed by atoms with Gasteiger partial charge in [0.05, 0.1) is 11.0 Å². The van der Waals surface area contributed by atoms with Crippen molar-refractivity contribution in [2.75, 3.05) is 5.32 Å². The summed E-state index contributed by atoms with van der Waals surface area (Å²) in [5.74, 6) is 0.511. The van der Waals surface area contributed by atoms with Crippen LogP contribution in [0, 0.1) is 16.0 Å². The minimum Gasteiger partial charge on any atom is -0.378 e. The second-order valence-electron chi connectivity index (χ2n) is 6.03. The molecule has 1 aliphatic heterocycles. The molecule has 1 heterocycles. The zero-order valence-corrected chi connectivity index (χ0v) is 13.0. The number of non-ortho nitro benzene ring substituents is 1. The molecule has 2 aliphatic rings. The topological polar surface area (TPSA) is 55.2 Å². The summed E-state index contributed by atoms with van der Waals surface area (Å²) in [4.78, 5) is 10.7. The number of halogens is 1. The highest BCUT2D eigenvalue weighted by molar-refractivity contribution is 6.31. The summed E-state index contributed by atoms with van der Waals surface area (Å²) in [6.07, 6.45) is 5.27. The maximum atomic E-state index is 11.1. The van der Waals surface area contributed by atoms with Crippen LogP contribution >= 0.6 is 11.6 Å². The lowest BCUT2D eigenvalue weighted by Gasteiger charge is -2.37. The Morgan fingerprint density at radius 1 is 1.17 bits per heavy atom. The van der Waals surface area contributed by atoms with E-state index in [9.17, 15) is 10.1 Å². The summed E-state index contributed by atoms with van der Waals surface area (Å²) in [6, 6.07) is 13.0. The highest BCUT2D eigenvalue weighted by atomic mass is 35.5. The van der Waals surface area contributed by atoms with Gasteiger partial charge in [0, 0.05) is 28.8 Å². The Kier molecular flexibility index (Phi) is 3.34. The van der Waals surface area contributed by atoms with E-state index in [1.54, 1.807) is 18.2 Å². The van der Waals surface area contributed by atoms with Crippen LogP contribution in [0.15, 0.2) is 54.6 Å². The van der Waals surface area contributed by atoms with Crippen molar-refractivity contribution >= 4 is 23.0 Å². The van der Waals surface area contributed by atoms with E-state index in [0.717, 1.165) is 28.3 Å². The van der Waals surface area contributed by atoms with Crippen molar-refractivity contribution in [3.8, 4) is 0 Å². The molecular weight excluding hydrogens is 312 g/mol. The maximum Gasteiger partial charge on any atom is 0.269 e. The third-order valence-electron chi connectivity index (χ3n) is 4.80. The first-order valence-corrected chi connectivity index (χ1v) is 7.99. The second-order valence-corrected chi connectivity index (χ2v) is 6.43. The fraction of sp³-hybridized carbons (Fsp3) is 0.222. The van der Waals surface area contributed by atoms with Crippen LogP contribution in [0.4, 0.5) is 11.4 Å². The van der Waals surface area contributed by atoms with Crippen LogP contribution in [-0.2, 0) is 0 Å². The quantitative estimate of drug-likeness (QED) is 0.476. The van der Waals surface area contributed by atoms with Crippen molar-refractivity contribution in [2.45, 2.75) is 18.4 Å². The number of benzene rings is 2. The molecule has 2 aromatic carbocycles. The van der Waals surface area contributed by atoms with E-state index in [0.29, 0.717) is 5.92 Å². The van der Waals surface area contributed by atoms with Gasteiger partial charge in [0.1, 0.15) is 0 Å². The summed E-state index contributed by atoms with van der Waals surface area (Å²) in [5.41, 5.74) is 3.17. The lowest BCUT2D eigenvalue weighted by molar-refractivity contribution is -0.384. The predicted molar refractivity (Wildman–Crippen MR) is 90.9 cm³/mol. The van der Waals surface area contributed by atoms with Crippen LogP contribution in [0.5, 0.6) is 0 Å². The average Bonchev–Trinajstić information content (AvgIpc) is 3.04. The van der Waals surface area contributed by atoms with Gasteiger partial charge in [0.2, 0.25) is 0 Å². The van der Waals surface area contributed by atoms with Crippen LogP contribution in [0.25, 0.3) is 0 Å². The Morgan fingerprint density at radius 3 is 2.78 bits per heavy atom. The van der Waals surface area contributed by atoms with Crippen molar-refractivity contribution < 1.29 is 4.92 Å². The summed E-state index contributed by atoms with van der Waals surface area (Å²) < 4.78 is 0. The molecule has 0 saturated carbocycles. The number of anilines is 1. The zero-order valence-electron chi connectivity index (χ0n) is 12.3. The third kappa shape index (κ3) is 2.30. The number of nitro groups is 1. The van der Waals surface area contributed by atoms with Crippen molar-refractivity contribution in [1.82, 2.24) is 0 Å².